The van der Waals surface area contributed by atoms with E-state index in [1.807, 2.05) is 0 Å². The Kier molecular flexibility index (Phi) is 8.65. The number of halogens is 4. The number of anilines is 1. The van der Waals surface area contributed by atoms with Gasteiger partial charge in [-0.25, -0.2) is 0 Å². The second-order valence-corrected chi connectivity index (χ2v) is 9.15. The molecule has 0 bridgehead atoms. The van der Waals surface area contributed by atoms with E-state index in [0.717, 1.165) is 0 Å². The van der Waals surface area contributed by atoms with E-state index in [-0.39, 0.29) is 29.7 Å². The number of hydrogen-bond acceptors (Lipinski definition) is 7. The maximum atomic E-state index is 14.1. The first-order valence-corrected chi connectivity index (χ1v) is 12.3. The molecule has 0 aliphatic carbocycles. The largest absolute Gasteiger partial charge is 0.573 e. The van der Waals surface area contributed by atoms with Crippen molar-refractivity contribution in [3.63, 3.8) is 0 Å². The second kappa shape index (κ2) is 12.0. The molecule has 0 saturated heterocycles. The number of rotatable bonds is 11. The van der Waals surface area contributed by atoms with Gasteiger partial charge in [-0.15, -0.1) is 13.2 Å². The summed E-state index contributed by atoms with van der Waals surface area (Å²) in [5, 5.41) is 12.9. The average Bonchev–Trinajstić information content (AvgIpc) is 3.31. The van der Waals surface area contributed by atoms with Gasteiger partial charge < -0.3 is 34.4 Å². The maximum Gasteiger partial charge on any atom is 0.573 e. The number of alkyl halides is 3. The molecular formula is C28H26ClF3N2O6. The van der Waals surface area contributed by atoms with Crippen LogP contribution in [0.5, 0.6) is 23.0 Å². The molecule has 0 amide bonds. The first-order chi connectivity index (χ1) is 19.0. The number of H-pyrrole nitrogens is 1. The molecule has 0 saturated carbocycles. The Bertz CT molecular complexity index is 1520. The first-order valence-electron chi connectivity index (χ1n) is 12.0. The van der Waals surface area contributed by atoms with Crippen LogP contribution >= 0.6 is 11.6 Å². The number of hydrogen-bond donors (Lipinski definition) is 3. The summed E-state index contributed by atoms with van der Waals surface area (Å²) in [5.41, 5.74) is 1.67. The van der Waals surface area contributed by atoms with Gasteiger partial charge in [-0.2, -0.15) is 0 Å². The zero-order valence-corrected chi connectivity index (χ0v) is 22.4. The number of benzene rings is 3. The van der Waals surface area contributed by atoms with Crippen LogP contribution in [0.1, 0.15) is 27.5 Å². The Balaban J connectivity index is 1.83. The van der Waals surface area contributed by atoms with Crippen LogP contribution in [0, 0.1) is 6.92 Å². The zero-order chi connectivity index (χ0) is 29.0. The number of fused-ring (bicyclic) bond motifs is 1. The normalized spacial score (nSPS) is 12.2. The van der Waals surface area contributed by atoms with E-state index in [2.05, 4.69) is 15.0 Å². The number of aliphatic hydroxyl groups excluding tert-OH is 1. The summed E-state index contributed by atoms with van der Waals surface area (Å²) >= 11 is 6.16. The van der Waals surface area contributed by atoms with Crippen LogP contribution in [0.15, 0.2) is 54.7 Å². The summed E-state index contributed by atoms with van der Waals surface area (Å²) in [6, 6.07) is 11.2. The summed E-state index contributed by atoms with van der Waals surface area (Å²) in [6.07, 6.45) is -3.47. The van der Waals surface area contributed by atoms with E-state index in [1.54, 1.807) is 36.4 Å². The van der Waals surface area contributed by atoms with Gasteiger partial charge >= 0.3 is 6.36 Å². The molecule has 3 N–H and O–H groups in total. The smallest absolute Gasteiger partial charge is 0.497 e. The van der Waals surface area contributed by atoms with Crippen molar-refractivity contribution in [1.29, 1.82) is 0 Å². The third-order valence-electron chi connectivity index (χ3n) is 6.02. The van der Waals surface area contributed by atoms with Gasteiger partial charge in [0.05, 0.1) is 20.8 Å². The van der Waals surface area contributed by atoms with Crippen LogP contribution in [-0.4, -0.2) is 49.7 Å². The van der Waals surface area contributed by atoms with E-state index in [1.165, 1.54) is 39.5 Å². The third-order valence-corrected chi connectivity index (χ3v) is 6.26. The summed E-state index contributed by atoms with van der Waals surface area (Å²) in [6.45, 7) is 1.31. The van der Waals surface area contributed by atoms with Gasteiger partial charge in [0.15, 0.2) is 5.78 Å². The number of aryl methyl sites for hydroxylation is 1. The number of aromatic nitrogens is 1. The lowest BCUT2D eigenvalue weighted by atomic mass is 9.95. The van der Waals surface area contributed by atoms with Gasteiger partial charge in [0, 0.05) is 57.1 Å². The monoisotopic (exact) mass is 578 g/mol. The number of aromatic amines is 1. The number of carbonyl (C=O) groups excluding carboxylic acids is 1. The molecule has 3 aromatic carbocycles. The van der Waals surface area contributed by atoms with Crippen LogP contribution in [0.2, 0.25) is 5.02 Å². The fraction of sp³-hybridized carbons (Fsp3) is 0.250. The molecule has 4 aromatic rings. The summed E-state index contributed by atoms with van der Waals surface area (Å²) in [7, 11) is 2.90. The standard InChI is InChI=1S/C28H26ClF3N2O6/c1-15-8-23-21(13-24(15)40-28(30,31)32)22(14-33-23)27(36)26(20-5-4-16(29)9-25(20)38-3)34-17-10-18(37-2)12-19(11-17)39-7-6-35/h4-5,8-14,26,33-35H,6-7H2,1-3H3. The molecule has 0 radical (unpaired) electrons. The number of ether oxygens (including phenoxy) is 4. The molecule has 8 nitrogen and oxygen atoms in total. The molecule has 0 fully saturated rings. The van der Waals surface area contributed by atoms with Crippen LogP contribution in [0.4, 0.5) is 18.9 Å². The minimum Gasteiger partial charge on any atom is -0.497 e. The Labute approximate surface area is 232 Å². The number of aliphatic hydroxyl groups is 1. The van der Waals surface area contributed by atoms with Crippen LogP contribution in [-0.2, 0) is 0 Å². The van der Waals surface area contributed by atoms with Crippen LogP contribution in [0.25, 0.3) is 10.9 Å². The second-order valence-electron chi connectivity index (χ2n) is 8.71. The topological polar surface area (TPSA) is 102 Å². The van der Waals surface area contributed by atoms with E-state index in [9.17, 15) is 18.0 Å². The average molecular weight is 579 g/mol. The first kappa shape index (κ1) is 28.9. The van der Waals surface area contributed by atoms with Gasteiger partial charge in [-0.3, -0.25) is 4.79 Å². The quantitative estimate of drug-likeness (QED) is 0.176. The molecule has 1 atom stereocenters. The molecule has 12 heteroatoms. The minimum atomic E-state index is -4.90. The number of ketones is 1. The Morgan fingerprint density at radius 3 is 2.48 bits per heavy atom. The maximum absolute atomic E-state index is 14.1. The SMILES string of the molecule is COc1cc(NC(C(=O)c2c[nH]c3cc(C)c(OC(F)(F)F)cc23)c2ccc(Cl)cc2OC)cc(OCCO)c1. The summed E-state index contributed by atoms with van der Waals surface area (Å²) in [4.78, 5) is 17.1. The lowest BCUT2D eigenvalue weighted by Gasteiger charge is -2.22. The summed E-state index contributed by atoms with van der Waals surface area (Å²) < 4.78 is 59.6. The summed E-state index contributed by atoms with van der Waals surface area (Å²) in [5.74, 6) is 0.218. The predicted molar refractivity (Wildman–Crippen MR) is 144 cm³/mol. The van der Waals surface area contributed by atoms with Gasteiger partial charge in [0.25, 0.3) is 0 Å². The highest BCUT2D eigenvalue weighted by Gasteiger charge is 2.33. The molecule has 212 valence electrons. The lowest BCUT2D eigenvalue weighted by molar-refractivity contribution is -0.274. The van der Waals surface area contributed by atoms with Gasteiger partial charge in [-0.1, -0.05) is 17.7 Å². The molecule has 1 aromatic heterocycles. The molecule has 1 unspecified atom stereocenters. The van der Waals surface area contributed by atoms with Crippen molar-refractivity contribution >= 4 is 34.0 Å². The predicted octanol–water partition coefficient (Wildman–Crippen LogP) is 6.45. The zero-order valence-electron chi connectivity index (χ0n) is 21.7. The lowest BCUT2D eigenvalue weighted by Crippen LogP contribution is -2.22. The number of Topliss-reactive ketones (excluding diaryl/α,β-unsaturated/α-hetero) is 1. The molecule has 40 heavy (non-hydrogen) atoms. The highest BCUT2D eigenvalue weighted by atomic mass is 35.5. The highest BCUT2D eigenvalue weighted by Crippen LogP contribution is 2.38. The van der Waals surface area contributed by atoms with Crippen molar-refractivity contribution in [3.8, 4) is 23.0 Å². The molecule has 4 rings (SSSR count). The molecular weight excluding hydrogens is 553 g/mol. The number of nitrogens with one attached hydrogen (secondary N) is 2. The molecule has 1 heterocycles. The van der Waals surface area contributed by atoms with Crippen molar-refractivity contribution in [3.05, 3.63) is 76.4 Å². The Morgan fingerprint density at radius 1 is 1.05 bits per heavy atom. The Morgan fingerprint density at radius 2 is 1.80 bits per heavy atom. The fourth-order valence-corrected chi connectivity index (χ4v) is 4.41. The van der Waals surface area contributed by atoms with Crippen LogP contribution in [0.3, 0.4) is 0 Å². The van der Waals surface area contributed by atoms with Gasteiger partial charge in [-0.05, 0) is 36.8 Å². The molecule has 0 aliphatic rings. The minimum absolute atomic E-state index is 0.0388. The molecule has 0 spiro atoms. The van der Waals surface area contributed by atoms with Crippen LogP contribution < -0.4 is 24.3 Å². The van der Waals surface area contributed by atoms with Gasteiger partial charge in [0.1, 0.15) is 35.6 Å². The van der Waals surface area contributed by atoms with E-state index in [4.69, 9.17) is 30.9 Å². The van der Waals surface area contributed by atoms with E-state index < -0.39 is 23.9 Å². The van der Waals surface area contributed by atoms with Crippen molar-refractivity contribution in [2.24, 2.45) is 0 Å². The van der Waals surface area contributed by atoms with Crippen molar-refractivity contribution < 1.29 is 42.0 Å². The number of methoxy groups -OCH3 is 2. The van der Waals surface area contributed by atoms with Crippen molar-refractivity contribution in [1.82, 2.24) is 4.98 Å². The van der Waals surface area contributed by atoms with E-state index >= 15 is 0 Å². The fourth-order valence-electron chi connectivity index (χ4n) is 4.25. The van der Waals surface area contributed by atoms with Crippen molar-refractivity contribution in [2.75, 3.05) is 32.8 Å². The van der Waals surface area contributed by atoms with E-state index in [0.29, 0.717) is 39.0 Å². The van der Waals surface area contributed by atoms with Crippen molar-refractivity contribution in [2.45, 2.75) is 19.3 Å². The Hall–Kier alpha value is -4.09. The molecule has 0 aliphatic heterocycles. The highest BCUT2D eigenvalue weighted by molar-refractivity contribution is 6.30. The third kappa shape index (κ3) is 6.54. The number of carbonyl (C=O) groups is 1. The van der Waals surface area contributed by atoms with Gasteiger partial charge in [0.2, 0.25) is 0 Å².